The van der Waals surface area contributed by atoms with Gasteiger partial charge < -0.3 is 10.2 Å². The number of nitrogens with zero attached hydrogens (tertiary/aromatic N) is 1. The number of hydrogen-bond acceptors (Lipinski definition) is 3. The molecule has 0 aliphatic carbocycles. The summed E-state index contributed by atoms with van der Waals surface area (Å²) >= 11 is 1.96. The minimum atomic E-state index is 1.13. The van der Waals surface area contributed by atoms with Crippen molar-refractivity contribution in [1.29, 1.82) is 0 Å². The molecule has 1 N–H and O–H groups in total. The minimum absolute atomic E-state index is 1.13. The zero-order valence-corrected chi connectivity index (χ0v) is 15.3. The van der Waals surface area contributed by atoms with Gasteiger partial charge in [-0.25, -0.2) is 0 Å². The van der Waals surface area contributed by atoms with Crippen LogP contribution in [0.4, 0.5) is 0 Å². The van der Waals surface area contributed by atoms with Gasteiger partial charge in [0.1, 0.15) is 0 Å². The molecule has 3 heteroatoms. The molecular formula is C19H34N2S. The SMILES string of the molecule is CCCCN(CCCC)CCNCCCSc1ccccc1. The third-order valence-electron chi connectivity index (χ3n) is 3.77. The van der Waals surface area contributed by atoms with Crippen molar-refractivity contribution < 1.29 is 0 Å². The van der Waals surface area contributed by atoms with E-state index in [0.717, 1.165) is 13.1 Å². The molecule has 0 unspecified atom stereocenters. The molecule has 1 rings (SSSR count). The van der Waals surface area contributed by atoms with Crippen LogP contribution in [0, 0.1) is 0 Å². The van der Waals surface area contributed by atoms with Gasteiger partial charge in [-0.2, -0.15) is 0 Å². The standard InChI is InChI=1S/C19H34N2S/c1-3-5-15-21(16-6-4-2)17-14-20-13-10-18-22-19-11-8-7-9-12-19/h7-9,11-12,20H,3-6,10,13-18H2,1-2H3. The van der Waals surface area contributed by atoms with Crippen molar-refractivity contribution in [2.24, 2.45) is 0 Å². The summed E-state index contributed by atoms with van der Waals surface area (Å²) in [5.41, 5.74) is 0. The second-order valence-electron chi connectivity index (χ2n) is 5.81. The molecule has 0 fully saturated rings. The molecule has 0 spiro atoms. The van der Waals surface area contributed by atoms with Crippen LogP contribution >= 0.6 is 11.8 Å². The number of hydrogen-bond donors (Lipinski definition) is 1. The smallest absolute Gasteiger partial charge is 0.0107 e. The summed E-state index contributed by atoms with van der Waals surface area (Å²) in [4.78, 5) is 4.01. The fourth-order valence-corrected chi connectivity index (χ4v) is 3.24. The first kappa shape index (κ1) is 19.5. The Hall–Kier alpha value is -0.510. The Bertz CT molecular complexity index is 335. The Morgan fingerprint density at radius 3 is 2.18 bits per heavy atom. The van der Waals surface area contributed by atoms with Crippen LogP contribution in [0.3, 0.4) is 0 Å². The van der Waals surface area contributed by atoms with Crippen molar-refractivity contribution in [2.75, 3.05) is 38.5 Å². The van der Waals surface area contributed by atoms with Gasteiger partial charge in [0.05, 0.1) is 0 Å². The molecule has 0 aliphatic rings. The van der Waals surface area contributed by atoms with E-state index in [1.54, 1.807) is 0 Å². The maximum absolute atomic E-state index is 3.60. The number of unbranched alkanes of at least 4 members (excludes halogenated alkanes) is 2. The highest BCUT2D eigenvalue weighted by Gasteiger charge is 2.03. The van der Waals surface area contributed by atoms with Crippen LogP contribution in [-0.2, 0) is 0 Å². The van der Waals surface area contributed by atoms with Crippen molar-refractivity contribution in [3.8, 4) is 0 Å². The normalized spacial score (nSPS) is 11.2. The molecule has 0 amide bonds. The second-order valence-corrected chi connectivity index (χ2v) is 6.98. The third-order valence-corrected chi connectivity index (χ3v) is 4.87. The number of thioether (sulfide) groups is 1. The summed E-state index contributed by atoms with van der Waals surface area (Å²) in [6, 6.07) is 10.7. The Morgan fingerprint density at radius 2 is 1.55 bits per heavy atom. The van der Waals surface area contributed by atoms with Crippen molar-refractivity contribution in [3.05, 3.63) is 30.3 Å². The average molecular weight is 323 g/mol. The molecular weight excluding hydrogens is 288 g/mol. The summed E-state index contributed by atoms with van der Waals surface area (Å²) in [5, 5.41) is 3.60. The van der Waals surface area contributed by atoms with E-state index < -0.39 is 0 Å². The maximum Gasteiger partial charge on any atom is 0.0107 e. The highest BCUT2D eigenvalue weighted by molar-refractivity contribution is 7.99. The van der Waals surface area contributed by atoms with Gasteiger partial charge in [-0.1, -0.05) is 44.9 Å². The molecule has 1 aromatic carbocycles. The van der Waals surface area contributed by atoms with Crippen LogP contribution < -0.4 is 5.32 Å². The zero-order chi connectivity index (χ0) is 15.9. The van der Waals surface area contributed by atoms with Gasteiger partial charge in [0.25, 0.3) is 0 Å². The molecule has 126 valence electrons. The van der Waals surface area contributed by atoms with Crippen LogP contribution in [0.2, 0.25) is 0 Å². The van der Waals surface area contributed by atoms with Crippen molar-refractivity contribution in [1.82, 2.24) is 10.2 Å². The number of nitrogens with one attached hydrogen (secondary N) is 1. The molecule has 0 aliphatic heterocycles. The molecule has 0 heterocycles. The monoisotopic (exact) mass is 322 g/mol. The van der Waals surface area contributed by atoms with Crippen LogP contribution in [0.15, 0.2) is 35.2 Å². The fourth-order valence-electron chi connectivity index (χ4n) is 2.36. The molecule has 0 radical (unpaired) electrons. The highest BCUT2D eigenvalue weighted by Crippen LogP contribution is 2.17. The summed E-state index contributed by atoms with van der Waals surface area (Å²) in [6.45, 7) is 10.6. The Labute approximate surface area is 142 Å². The van der Waals surface area contributed by atoms with E-state index in [1.165, 1.54) is 62.4 Å². The van der Waals surface area contributed by atoms with E-state index in [1.807, 2.05) is 11.8 Å². The number of rotatable bonds is 14. The second kappa shape index (κ2) is 14.1. The Balaban J connectivity index is 2.00. The van der Waals surface area contributed by atoms with Crippen molar-refractivity contribution in [2.45, 2.75) is 50.8 Å². The molecule has 22 heavy (non-hydrogen) atoms. The minimum Gasteiger partial charge on any atom is -0.315 e. The average Bonchev–Trinajstić information content (AvgIpc) is 2.56. The molecule has 0 aromatic heterocycles. The summed E-state index contributed by atoms with van der Waals surface area (Å²) in [6.07, 6.45) is 6.50. The van der Waals surface area contributed by atoms with Gasteiger partial charge in [0.15, 0.2) is 0 Å². The zero-order valence-electron chi connectivity index (χ0n) is 14.5. The fraction of sp³-hybridized carbons (Fsp3) is 0.684. The Kier molecular flexibility index (Phi) is 12.5. The first-order valence-corrected chi connectivity index (χ1v) is 9.96. The van der Waals surface area contributed by atoms with E-state index in [9.17, 15) is 0 Å². The topological polar surface area (TPSA) is 15.3 Å². The third kappa shape index (κ3) is 10.3. The van der Waals surface area contributed by atoms with Crippen LogP contribution in [-0.4, -0.2) is 43.4 Å². The number of benzene rings is 1. The van der Waals surface area contributed by atoms with E-state index in [4.69, 9.17) is 0 Å². The first-order chi connectivity index (χ1) is 10.9. The highest BCUT2D eigenvalue weighted by atomic mass is 32.2. The van der Waals surface area contributed by atoms with Gasteiger partial charge >= 0.3 is 0 Å². The molecule has 1 aromatic rings. The van der Waals surface area contributed by atoms with Crippen molar-refractivity contribution >= 4 is 11.8 Å². The van der Waals surface area contributed by atoms with E-state index in [0.29, 0.717) is 0 Å². The lowest BCUT2D eigenvalue weighted by Crippen LogP contribution is -2.34. The van der Waals surface area contributed by atoms with Gasteiger partial charge in [-0.05, 0) is 56.8 Å². The van der Waals surface area contributed by atoms with Crippen molar-refractivity contribution in [3.63, 3.8) is 0 Å². The molecule has 2 nitrogen and oxygen atoms in total. The lowest BCUT2D eigenvalue weighted by Gasteiger charge is -2.22. The molecule has 0 atom stereocenters. The van der Waals surface area contributed by atoms with Gasteiger partial charge in [0, 0.05) is 18.0 Å². The summed E-state index contributed by atoms with van der Waals surface area (Å²) in [7, 11) is 0. The lowest BCUT2D eigenvalue weighted by molar-refractivity contribution is 0.265. The predicted molar refractivity (Wildman–Crippen MR) is 101 cm³/mol. The van der Waals surface area contributed by atoms with E-state index >= 15 is 0 Å². The Morgan fingerprint density at radius 1 is 0.864 bits per heavy atom. The summed E-state index contributed by atoms with van der Waals surface area (Å²) < 4.78 is 0. The van der Waals surface area contributed by atoms with Gasteiger partial charge in [-0.15, -0.1) is 11.8 Å². The first-order valence-electron chi connectivity index (χ1n) is 8.97. The maximum atomic E-state index is 3.60. The van der Waals surface area contributed by atoms with Gasteiger partial charge in [0.2, 0.25) is 0 Å². The molecule has 0 bridgehead atoms. The molecule has 0 saturated heterocycles. The van der Waals surface area contributed by atoms with Gasteiger partial charge in [-0.3, -0.25) is 0 Å². The van der Waals surface area contributed by atoms with E-state index in [2.05, 4.69) is 54.4 Å². The quantitative estimate of drug-likeness (QED) is 0.396. The van der Waals surface area contributed by atoms with E-state index in [-0.39, 0.29) is 0 Å². The molecule has 0 saturated carbocycles. The summed E-state index contributed by atoms with van der Waals surface area (Å²) in [5.74, 6) is 1.20. The van der Waals surface area contributed by atoms with Crippen LogP contribution in [0.25, 0.3) is 0 Å². The van der Waals surface area contributed by atoms with Crippen LogP contribution in [0.5, 0.6) is 0 Å². The predicted octanol–water partition coefficient (Wildman–Crippen LogP) is 4.66. The largest absolute Gasteiger partial charge is 0.315 e. The lowest BCUT2D eigenvalue weighted by atomic mass is 10.2. The van der Waals surface area contributed by atoms with Crippen LogP contribution in [0.1, 0.15) is 46.0 Å².